The van der Waals surface area contributed by atoms with Crippen LogP contribution in [0, 0.1) is 54.4 Å². The molecule has 0 bridgehead atoms. The number of Topliss-reactive ketones (excluding diaryl/α,β-unsaturated/α-hetero) is 2. The van der Waals surface area contributed by atoms with E-state index in [1.54, 1.807) is 38.1 Å². The number of carbonyl (C=O) groups excluding carboxylic acids is 3. The van der Waals surface area contributed by atoms with Crippen LogP contribution in [0.3, 0.4) is 0 Å². The second-order valence-electron chi connectivity index (χ2n) is 20.6. The second kappa shape index (κ2) is 23.3. The Balaban J connectivity index is 1.17. The number of hydrogen-bond acceptors (Lipinski definition) is 9. The Labute approximate surface area is 439 Å². The van der Waals surface area contributed by atoms with E-state index in [1.807, 2.05) is 20.8 Å². The SMILES string of the molecule is Cc1c(-c2ccc(C[C@H](CC(=O)c3c(F)cc(CN(Cc4cc(F)c(C(=O)C[C@@H](Cc5ccc(-c6c(C)n(C)c(=O)n(C)c6=O)cc5)C(=O)O)c(F)c4)C(=O)CCC(C)(C)C)cc3F)C(=O)O)cc2)c(=O)n(C)c(=O)n1C. The van der Waals surface area contributed by atoms with E-state index in [4.69, 9.17) is 0 Å². The summed E-state index contributed by atoms with van der Waals surface area (Å²) in [6, 6.07) is 15.6. The molecule has 6 aromatic rings. The molecule has 2 aromatic heterocycles. The van der Waals surface area contributed by atoms with Crippen LogP contribution in [-0.2, 0) is 68.5 Å². The third-order valence-corrected chi connectivity index (χ3v) is 13.9. The Bertz CT molecular complexity index is 3320. The maximum absolute atomic E-state index is 15.9. The Hall–Kier alpha value is -8.29. The highest BCUT2D eigenvalue weighted by Crippen LogP contribution is 2.29. The van der Waals surface area contributed by atoms with Crippen LogP contribution in [0.5, 0.6) is 0 Å². The molecule has 2 heterocycles. The number of ketones is 2. The highest BCUT2D eigenvalue weighted by Gasteiger charge is 2.30. The molecule has 2 N–H and O–H groups in total. The fourth-order valence-electron chi connectivity index (χ4n) is 9.16. The molecule has 1 amide bonds. The first-order valence-electron chi connectivity index (χ1n) is 24.5. The predicted molar refractivity (Wildman–Crippen MR) is 277 cm³/mol. The lowest BCUT2D eigenvalue weighted by Gasteiger charge is -2.26. The fourth-order valence-corrected chi connectivity index (χ4v) is 9.16. The average molecular weight is 1070 g/mol. The third kappa shape index (κ3) is 13.0. The molecule has 0 radical (unpaired) electrons. The Morgan fingerprint density at radius 2 is 0.857 bits per heavy atom. The highest BCUT2D eigenvalue weighted by molar-refractivity contribution is 5.99. The first-order chi connectivity index (χ1) is 36.0. The summed E-state index contributed by atoms with van der Waals surface area (Å²) in [5, 5.41) is 20.1. The first kappa shape index (κ1) is 58.0. The molecule has 4 aromatic carbocycles. The Morgan fingerprint density at radius 3 is 1.16 bits per heavy atom. The smallest absolute Gasteiger partial charge is 0.330 e. The zero-order valence-electron chi connectivity index (χ0n) is 44.1. The van der Waals surface area contributed by atoms with Crippen LogP contribution in [0.25, 0.3) is 22.3 Å². The third-order valence-electron chi connectivity index (χ3n) is 13.9. The van der Waals surface area contributed by atoms with Crippen molar-refractivity contribution in [1.82, 2.24) is 23.2 Å². The predicted octanol–water partition coefficient (Wildman–Crippen LogP) is 7.38. The van der Waals surface area contributed by atoms with Gasteiger partial charge in [-0.1, -0.05) is 69.3 Å². The Morgan fingerprint density at radius 1 is 0.532 bits per heavy atom. The number of aromatic nitrogens is 4. The summed E-state index contributed by atoms with van der Waals surface area (Å²) in [6.45, 7) is 7.78. The molecule has 0 aliphatic heterocycles. The van der Waals surface area contributed by atoms with Crippen molar-refractivity contribution >= 4 is 29.4 Å². The van der Waals surface area contributed by atoms with Gasteiger partial charge in [0.1, 0.15) is 23.3 Å². The van der Waals surface area contributed by atoms with Crippen molar-refractivity contribution in [2.24, 2.45) is 45.4 Å². The van der Waals surface area contributed by atoms with Gasteiger partial charge in [-0.2, -0.15) is 0 Å². The van der Waals surface area contributed by atoms with Crippen LogP contribution in [0.2, 0.25) is 0 Å². The van der Waals surface area contributed by atoms with Crippen LogP contribution in [0.15, 0.2) is 92.0 Å². The van der Waals surface area contributed by atoms with Gasteiger partial charge < -0.3 is 24.2 Å². The van der Waals surface area contributed by atoms with Gasteiger partial charge in [-0.15, -0.1) is 0 Å². The number of nitrogens with zero attached hydrogens (tertiary/aromatic N) is 5. The lowest BCUT2D eigenvalue weighted by molar-refractivity contribution is -0.142. The number of amides is 1. The number of halogens is 4. The molecule has 2 atom stereocenters. The van der Waals surface area contributed by atoms with Gasteiger partial charge in [-0.3, -0.25) is 42.7 Å². The van der Waals surface area contributed by atoms with Crippen molar-refractivity contribution in [3.8, 4) is 22.3 Å². The monoisotopic (exact) mass is 1070 g/mol. The number of benzene rings is 4. The van der Waals surface area contributed by atoms with Gasteiger partial charge in [0.2, 0.25) is 5.91 Å². The molecule has 0 aliphatic rings. The van der Waals surface area contributed by atoms with Gasteiger partial charge in [0.05, 0.1) is 34.1 Å². The maximum Gasteiger partial charge on any atom is 0.330 e. The summed E-state index contributed by atoms with van der Waals surface area (Å²) in [7, 11) is 5.70. The van der Waals surface area contributed by atoms with Crippen LogP contribution < -0.4 is 22.5 Å². The molecule has 20 heteroatoms. The van der Waals surface area contributed by atoms with Crippen molar-refractivity contribution in [3.05, 3.63) is 183 Å². The number of carboxylic acids is 2. The largest absolute Gasteiger partial charge is 0.481 e. The normalized spacial score (nSPS) is 12.3. The number of carbonyl (C=O) groups is 5. The van der Waals surface area contributed by atoms with E-state index in [0.717, 1.165) is 38.3 Å². The van der Waals surface area contributed by atoms with Crippen LogP contribution in [-0.4, -0.2) is 62.8 Å². The molecule has 6 rings (SSSR count). The van der Waals surface area contributed by atoms with Crippen molar-refractivity contribution in [2.45, 2.75) is 86.2 Å². The van der Waals surface area contributed by atoms with Gasteiger partial charge in [0, 0.05) is 71.9 Å². The van der Waals surface area contributed by atoms with E-state index in [1.165, 1.54) is 61.6 Å². The Kier molecular flexibility index (Phi) is 17.5. The number of aliphatic carboxylic acids is 2. The van der Waals surface area contributed by atoms with Crippen LogP contribution >= 0.6 is 0 Å². The van der Waals surface area contributed by atoms with Crippen LogP contribution in [0.4, 0.5) is 17.6 Å². The minimum absolute atomic E-state index is 0.0954. The summed E-state index contributed by atoms with van der Waals surface area (Å²) >= 11 is 0. The molecule has 16 nitrogen and oxygen atoms in total. The molecule has 0 spiro atoms. The maximum atomic E-state index is 15.9. The molecule has 0 saturated heterocycles. The standard InChI is InChI=1S/C57H59F4N5O11/c1-30-47(51(70)64(8)55(76)62(30)6)36-14-10-32(11-15-36)20-38(53(72)73)26-44(67)49-40(58)22-34(23-41(49)59)28-66(46(69)18-19-57(3,4)5)29-35-24-42(60)50(43(61)25-35)45(68)27-39(54(74)75)21-33-12-16-37(17-13-33)48-31(2)63(7)56(77)65(9)52(48)71/h10-17,22-25,38-39H,18-21,26-29H2,1-9H3,(H,72,73)(H,74,75)/t38-,39-/m1/s1. The van der Waals surface area contributed by atoms with Crippen molar-refractivity contribution < 1.29 is 51.7 Å². The lowest BCUT2D eigenvalue weighted by Crippen LogP contribution is -2.39. The molecule has 0 fully saturated rings. The number of rotatable bonds is 20. The van der Waals surface area contributed by atoms with Gasteiger partial charge in [-0.05, 0) is 96.2 Å². The molecule has 406 valence electrons. The number of hydrogen-bond donors (Lipinski definition) is 2. The number of carboxylic acid groups (broad SMARTS) is 2. The molecule has 0 unspecified atom stereocenters. The first-order valence-corrected chi connectivity index (χ1v) is 24.5. The van der Waals surface area contributed by atoms with E-state index in [2.05, 4.69) is 0 Å². The van der Waals surface area contributed by atoms with Crippen molar-refractivity contribution in [3.63, 3.8) is 0 Å². The minimum atomic E-state index is -1.44. The average Bonchev–Trinajstić information content (AvgIpc) is 3.35. The second-order valence-corrected chi connectivity index (χ2v) is 20.6. The van der Waals surface area contributed by atoms with E-state index in [0.29, 0.717) is 40.1 Å². The van der Waals surface area contributed by atoms with E-state index in [-0.39, 0.29) is 46.9 Å². The molecule has 0 saturated carbocycles. The van der Waals surface area contributed by atoms with Gasteiger partial charge in [0.15, 0.2) is 11.6 Å². The van der Waals surface area contributed by atoms with E-state index < -0.39 is 124 Å². The van der Waals surface area contributed by atoms with Gasteiger partial charge in [-0.25, -0.2) is 27.2 Å². The van der Waals surface area contributed by atoms with Crippen molar-refractivity contribution in [1.29, 1.82) is 0 Å². The van der Waals surface area contributed by atoms with E-state index >= 15 is 17.6 Å². The van der Waals surface area contributed by atoms with Crippen molar-refractivity contribution in [2.75, 3.05) is 0 Å². The fraction of sp³-hybridized carbons (Fsp3) is 0.351. The zero-order chi connectivity index (χ0) is 57.1. The van der Waals surface area contributed by atoms with Gasteiger partial charge in [0.25, 0.3) is 11.1 Å². The van der Waals surface area contributed by atoms with Crippen LogP contribution in [0.1, 0.15) is 101 Å². The molecule has 77 heavy (non-hydrogen) atoms. The van der Waals surface area contributed by atoms with Gasteiger partial charge >= 0.3 is 23.3 Å². The minimum Gasteiger partial charge on any atom is -0.481 e. The zero-order valence-corrected chi connectivity index (χ0v) is 44.1. The molecular weight excluding hydrogens is 1010 g/mol. The lowest BCUT2D eigenvalue weighted by atomic mass is 9.90. The summed E-state index contributed by atoms with van der Waals surface area (Å²) in [6.07, 6.45) is -1.86. The summed E-state index contributed by atoms with van der Waals surface area (Å²) < 4.78 is 68.0. The molecule has 0 aliphatic carbocycles. The topological polar surface area (TPSA) is 217 Å². The quantitative estimate of drug-likeness (QED) is 0.0568. The highest BCUT2D eigenvalue weighted by atomic mass is 19.1. The summed E-state index contributed by atoms with van der Waals surface area (Å²) in [5.74, 6) is -14.0. The van der Waals surface area contributed by atoms with E-state index in [9.17, 15) is 53.4 Å². The summed E-state index contributed by atoms with van der Waals surface area (Å²) in [5.41, 5.74) is -1.77. The molecular formula is C57H59F4N5O11. The summed E-state index contributed by atoms with van der Waals surface area (Å²) in [4.78, 5) is 117.